The van der Waals surface area contributed by atoms with Gasteiger partial charge in [-0.15, -0.1) is 11.3 Å². The summed E-state index contributed by atoms with van der Waals surface area (Å²) in [5.41, 5.74) is 1.90. The van der Waals surface area contributed by atoms with Crippen molar-refractivity contribution < 1.29 is 9.53 Å². The van der Waals surface area contributed by atoms with Crippen molar-refractivity contribution in [2.75, 3.05) is 26.7 Å². The van der Waals surface area contributed by atoms with Crippen molar-refractivity contribution in [3.05, 3.63) is 51.5 Å². The zero-order valence-corrected chi connectivity index (χ0v) is 16.8. The maximum atomic E-state index is 11.0. The number of carbonyl (C=O) groups is 1. The second-order valence-electron chi connectivity index (χ2n) is 6.23. The number of ether oxygens (including phenoxy) is 1. The molecule has 1 saturated heterocycles. The lowest BCUT2D eigenvalue weighted by atomic mass is 10.1. The van der Waals surface area contributed by atoms with Crippen LogP contribution in [0.1, 0.15) is 27.2 Å². The van der Waals surface area contributed by atoms with Gasteiger partial charge in [-0.05, 0) is 19.5 Å². The molecule has 2 atom stereocenters. The van der Waals surface area contributed by atoms with Gasteiger partial charge in [0, 0.05) is 19.6 Å². The van der Waals surface area contributed by atoms with Crippen LogP contribution in [0.3, 0.4) is 0 Å². The predicted octanol–water partition coefficient (Wildman–Crippen LogP) is 3.18. The van der Waals surface area contributed by atoms with Crippen molar-refractivity contribution in [1.29, 1.82) is 0 Å². The first kappa shape index (κ1) is 18.5. The molecule has 0 radical (unpaired) electrons. The highest BCUT2D eigenvalue weighted by Crippen LogP contribution is 2.33. The molecule has 2 heterocycles. The highest BCUT2D eigenvalue weighted by molar-refractivity contribution is 9.09. The summed E-state index contributed by atoms with van der Waals surface area (Å²) in [6.45, 7) is 6.36. The van der Waals surface area contributed by atoms with Crippen LogP contribution in [0.25, 0.3) is 0 Å². The van der Waals surface area contributed by atoms with Crippen LogP contribution in [-0.2, 0) is 16.1 Å². The average molecular weight is 424 g/mol. The zero-order chi connectivity index (χ0) is 17.8. The van der Waals surface area contributed by atoms with E-state index in [-0.39, 0.29) is 6.10 Å². The second kappa shape index (κ2) is 8.40. The van der Waals surface area contributed by atoms with Gasteiger partial charge in [0.1, 0.15) is 5.01 Å². The number of halogens is 1. The number of nitrogens with zero attached hydrogens (tertiary/aromatic N) is 3. The number of rotatable bonds is 6. The van der Waals surface area contributed by atoms with Gasteiger partial charge in [-0.3, -0.25) is 14.6 Å². The molecule has 1 aromatic heterocycles. The minimum absolute atomic E-state index is 0.372. The molecule has 1 aliphatic heterocycles. The van der Waals surface area contributed by atoms with Gasteiger partial charge in [0.15, 0.2) is 6.10 Å². The first-order valence-corrected chi connectivity index (χ1v) is 9.98. The Labute approximate surface area is 160 Å². The lowest BCUT2D eigenvalue weighted by molar-refractivity contribution is -0.132. The van der Waals surface area contributed by atoms with Gasteiger partial charge in [-0.25, -0.2) is 4.98 Å². The number of carbonyl (C=O) groups excluding carboxylic acids is 1. The molecule has 0 spiro atoms. The summed E-state index contributed by atoms with van der Waals surface area (Å²) < 4.78 is 5.39. The van der Waals surface area contributed by atoms with Crippen LogP contribution in [-0.4, -0.2) is 52.9 Å². The Kier molecular flexibility index (Phi) is 6.22. The number of benzene rings is 1. The first-order valence-electron chi connectivity index (χ1n) is 8.25. The second-order valence-corrected chi connectivity index (χ2v) is 8.40. The van der Waals surface area contributed by atoms with Crippen molar-refractivity contribution in [1.82, 2.24) is 14.8 Å². The summed E-state index contributed by atoms with van der Waals surface area (Å²) in [6.07, 6.45) is -0.388. The van der Waals surface area contributed by atoms with Crippen LogP contribution < -0.4 is 0 Å². The standard InChI is InChI=1S/C18H22BrN3O2S/c1-13-18(17(24-12-23)14-6-4-3-5-7-14)25-16(20-13)11-22-9-8-21(2)15(19)10-22/h3-7,12,15,17H,8-11H2,1-2H3. The Morgan fingerprint density at radius 2 is 2.16 bits per heavy atom. The first-order chi connectivity index (χ1) is 12.1. The van der Waals surface area contributed by atoms with Crippen LogP contribution in [0.2, 0.25) is 0 Å². The fraction of sp³-hybridized carbons (Fsp3) is 0.444. The third-order valence-electron chi connectivity index (χ3n) is 4.42. The van der Waals surface area contributed by atoms with E-state index >= 15 is 0 Å². The van der Waals surface area contributed by atoms with E-state index in [1.54, 1.807) is 11.3 Å². The van der Waals surface area contributed by atoms with Gasteiger partial charge in [0.2, 0.25) is 0 Å². The molecular formula is C18H22BrN3O2S. The summed E-state index contributed by atoms with van der Waals surface area (Å²) >= 11 is 5.34. The summed E-state index contributed by atoms with van der Waals surface area (Å²) in [4.78, 5) is 21.8. The number of aryl methyl sites for hydroxylation is 1. The largest absolute Gasteiger partial charge is 0.454 e. The summed E-state index contributed by atoms with van der Waals surface area (Å²) in [7, 11) is 2.13. The van der Waals surface area contributed by atoms with Gasteiger partial charge >= 0.3 is 0 Å². The SMILES string of the molecule is Cc1nc(CN2CCN(C)C(Br)C2)sc1C(OC=O)c1ccccc1. The molecule has 1 aromatic carbocycles. The molecule has 0 bridgehead atoms. The van der Waals surface area contributed by atoms with Crippen LogP contribution in [0, 0.1) is 6.92 Å². The number of likely N-dealkylation sites (N-methyl/N-ethyl adjacent to an activating group) is 1. The Balaban J connectivity index is 1.78. The molecule has 0 amide bonds. The number of alkyl halides is 1. The summed E-state index contributed by atoms with van der Waals surface area (Å²) in [5, 5.41) is 1.06. The monoisotopic (exact) mass is 423 g/mol. The zero-order valence-electron chi connectivity index (χ0n) is 14.4. The Bertz CT molecular complexity index is 710. The maximum Gasteiger partial charge on any atom is 0.294 e. The van der Waals surface area contributed by atoms with Crippen molar-refractivity contribution in [2.24, 2.45) is 0 Å². The van der Waals surface area contributed by atoms with E-state index < -0.39 is 0 Å². The maximum absolute atomic E-state index is 11.0. The predicted molar refractivity (Wildman–Crippen MR) is 103 cm³/mol. The van der Waals surface area contributed by atoms with Crippen molar-refractivity contribution >= 4 is 33.7 Å². The van der Waals surface area contributed by atoms with Gasteiger partial charge in [0.25, 0.3) is 6.47 Å². The average Bonchev–Trinajstić information content (AvgIpc) is 2.97. The van der Waals surface area contributed by atoms with Gasteiger partial charge in [-0.2, -0.15) is 0 Å². The Morgan fingerprint density at radius 1 is 1.40 bits per heavy atom. The van der Waals surface area contributed by atoms with Crippen LogP contribution in [0.5, 0.6) is 0 Å². The Hall–Kier alpha value is -1.28. The molecule has 3 rings (SSSR count). The van der Waals surface area contributed by atoms with E-state index in [1.807, 2.05) is 37.3 Å². The number of aromatic nitrogens is 1. The number of hydrogen-bond acceptors (Lipinski definition) is 6. The van der Waals surface area contributed by atoms with Gasteiger partial charge in [-0.1, -0.05) is 46.3 Å². The van der Waals surface area contributed by atoms with E-state index in [2.05, 4.69) is 32.8 Å². The van der Waals surface area contributed by atoms with Gasteiger partial charge in [0.05, 0.1) is 22.1 Å². The third-order valence-corrected chi connectivity index (χ3v) is 6.60. The minimum atomic E-state index is -0.388. The lowest BCUT2D eigenvalue weighted by Crippen LogP contribution is -2.48. The highest BCUT2D eigenvalue weighted by Gasteiger charge is 2.25. The fourth-order valence-electron chi connectivity index (χ4n) is 2.97. The van der Waals surface area contributed by atoms with Crippen LogP contribution in [0.15, 0.2) is 30.3 Å². The normalized spacial score (nSPS) is 20.4. The van der Waals surface area contributed by atoms with E-state index in [4.69, 9.17) is 9.72 Å². The Morgan fingerprint density at radius 3 is 2.84 bits per heavy atom. The van der Waals surface area contributed by atoms with Crippen molar-refractivity contribution in [2.45, 2.75) is 24.5 Å². The molecule has 134 valence electrons. The smallest absolute Gasteiger partial charge is 0.294 e. The quantitative estimate of drug-likeness (QED) is 0.405. The summed E-state index contributed by atoms with van der Waals surface area (Å²) in [5.74, 6) is 0. The van der Waals surface area contributed by atoms with Crippen molar-refractivity contribution in [3.63, 3.8) is 0 Å². The molecule has 1 aliphatic rings. The van der Waals surface area contributed by atoms with Crippen LogP contribution in [0.4, 0.5) is 0 Å². The molecule has 2 aromatic rings. The minimum Gasteiger partial charge on any atom is -0.454 e. The molecule has 7 heteroatoms. The third kappa shape index (κ3) is 4.47. The topological polar surface area (TPSA) is 45.7 Å². The van der Waals surface area contributed by atoms with E-state index in [0.717, 1.165) is 47.3 Å². The van der Waals surface area contributed by atoms with E-state index in [0.29, 0.717) is 11.4 Å². The van der Waals surface area contributed by atoms with E-state index in [1.165, 1.54) is 0 Å². The summed E-state index contributed by atoms with van der Waals surface area (Å²) in [6, 6.07) is 9.81. The van der Waals surface area contributed by atoms with Crippen LogP contribution >= 0.6 is 27.3 Å². The molecule has 5 nitrogen and oxygen atoms in total. The number of thiazole rings is 1. The molecule has 25 heavy (non-hydrogen) atoms. The molecule has 2 unspecified atom stereocenters. The number of hydrogen-bond donors (Lipinski definition) is 0. The van der Waals surface area contributed by atoms with Crippen molar-refractivity contribution in [3.8, 4) is 0 Å². The fourth-order valence-corrected chi connectivity index (χ4v) is 4.76. The number of piperazine rings is 1. The molecule has 0 N–H and O–H groups in total. The highest BCUT2D eigenvalue weighted by atomic mass is 79.9. The molecule has 0 aliphatic carbocycles. The molecule has 1 fully saturated rings. The molecule has 0 saturated carbocycles. The molecular weight excluding hydrogens is 402 g/mol. The van der Waals surface area contributed by atoms with Gasteiger partial charge < -0.3 is 4.74 Å². The van der Waals surface area contributed by atoms with E-state index in [9.17, 15) is 4.79 Å². The lowest BCUT2D eigenvalue weighted by Gasteiger charge is -2.36.